The molecule has 0 spiro atoms. The van der Waals surface area contributed by atoms with Crippen LogP contribution in [0, 0.1) is 0 Å². The average molecular weight is 499 g/mol. The number of rotatable bonds is 0. The summed E-state index contributed by atoms with van der Waals surface area (Å²) in [4.78, 5) is 50.7. The zero-order valence-corrected chi connectivity index (χ0v) is 19.9. The molecule has 36 heavy (non-hydrogen) atoms. The van der Waals surface area contributed by atoms with Crippen LogP contribution in [-0.2, 0) is 9.47 Å². The van der Waals surface area contributed by atoms with E-state index in [1.54, 1.807) is 0 Å². The van der Waals surface area contributed by atoms with Gasteiger partial charge < -0.3 is 19.7 Å². The molecule has 1 aliphatic heterocycles. The Labute approximate surface area is 208 Å². The largest absolute Gasteiger partial charge is 0.506 e. The monoisotopic (exact) mass is 498 g/mol. The van der Waals surface area contributed by atoms with Gasteiger partial charge >= 0.3 is 11.9 Å². The Morgan fingerprint density at radius 3 is 1.31 bits per heavy atom. The van der Waals surface area contributed by atoms with Crippen LogP contribution in [0.2, 0.25) is 0 Å². The number of ether oxygens (including phenoxy) is 2. The molecule has 0 aromatic heterocycles. The topological polar surface area (TPSA) is 156 Å². The molecule has 2 amide bonds. The van der Waals surface area contributed by atoms with Crippen molar-refractivity contribution in [2.24, 2.45) is 5.84 Å². The molecule has 10 nitrogen and oxygen atoms in total. The van der Waals surface area contributed by atoms with Crippen molar-refractivity contribution in [3.63, 3.8) is 0 Å². The fourth-order valence-electron chi connectivity index (χ4n) is 3.86. The van der Waals surface area contributed by atoms with Gasteiger partial charge in [0.25, 0.3) is 11.8 Å². The molecule has 2 aromatic rings. The van der Waals surface area contributed by atoms with Crippen LogP contribution in [0.15, 0.2) is 36.4 Å². The number of esters is 2. The predicted octanol–water partition coefficient (Wildman–Crippen LogP) is 3.70. The Morgan fingerprint density at radius 1 is 0.583 bits per heavy atom. The number of hydrazine groups is 1. The Balaban J connectivity index is 1.88. The number of phenolic OH excluding ortho intramolecular Hbond substituents is 2. The minimum atomic E-state index is -1.13. The number of para-hydroxylation sites is 2. The van der Waals surface area contributed by atoms with E-state index in [0.29, 0.717) is 12.8 Å². The van der Waals surface area contributed by atoms with Crippen LogP contribution in [0.1, 0.15) is 92.8 Å². The van der Waals surface area contributed by atoms with Crippen LogP contribution >= 0.6 is 0 Å². The minimum Gasteiger partial charge on any atom is -0.506 e. The van der Waals surface area contributed by atoms with E-state index in [1.807, 2.05) is 0 Å². The number of amides is 2. The summed E-state index contributed by atoms with van der Waals surface area (Å²) in [6, 6.07) is 7.65. The highest BCUT2D eigenvalue weighted by atomic mass is 16.5. The zero-order chi connectivity index (χ0) is 26.1. The highest BCUT2D eigenvalue weighted by Crippen LogP contribution is 2.27. The molecule has 0 fully saturated rings. The number of nitrogens with two attached hydrogens (primary N) is 1. The fourth-order valence-corrected chi connectivity index (χ4v) is 3.86. The Kier molecular flexibility index (Phi) is 9.40. The summed E-state index contributed by atoms with van der Waals surface area (Å²) in [6.45, 7) is 0.331. The maximum absolute atomic E-state index is 12.9. The predicted molar refractivity (Wildman–Crippen MR) is 128 cm³/mol. The van der Waals surface area contributed by atoms with Crippen molar-refractivity contribution in [2.75, 3.05) is 13.2 Å². The fraction of sp³-hybridized carbons (Fsp3) is 0.385. The van der Waals surface area contributed by atoms with Gasteiger partial charge in [0.05, 0.1) is 24.3 Å². The standard InChI is InChI=1S/C26H30N2O8/c27-28-23(31)17-11-9-13-19(21(17)29)25(33)35-15-7-5-3-1-2-4-6-8-16-36-26(34)20-14-10-12-18(22(20)30)24(28)32/h9-14,29-30H,1-8,15-16,27H2. The molecule has 0 aliphatic carbocycles. The number of carbonyl (C=O) groups excluding carboxylic acids is 4. The molecular formula is C26H30N2O8. The van der Waals surface area contributed by atoms with E-state index >= 15 is 0 Å². The van der Waals surface area contributed by atoms with E-state index in [1.165, 1.54) is 36.4 Å². The lowest BCUT2D eigenvalue weighted by Gasteiger charge is -2.17. The smallest absolute Gasteiger partial charge is 0.341 e. The molecule has 0 saturated carbocycles. The lowest BCUT2D eigenvalue weighted by molar-refractivity contribution is 0.0483. The molecule has 0 saturated heterocycles. The van der Waals surface area contributed by atoms with Crippen LogP contribution in [0.25, 0.3) is 0 Å². The molecule has 3 rings (SSSR count). The minimum absolute atomic E-state index is 0.166. The summed E-state index contributed by atoms with van der Waals surface area (Å²) in [5.41, 5.74) is -1.30. The summed E-state index contributed by atoms with van der Waals surface area (Å²) in [5, 5.41) is 21.3. The number of fused-ring (bicyclic) bond motifs is 4. The molecule has 0 radical (unpaired) electrons. The number of hydrogen-bond donors (Lipinski definition) is 3. The first kappa shape index (κ1) is 26.7. The second kappa shape index (κ2) is 12.7. The van der Waals surface area contributed by atoms with E-state index in [4.69, 9.17) is 15.3 Å². The van der Waals surface area contributed by atoms with Crippen LogP contribution in [0.3, 0.4) is 0 Å². The Hall–Kier alpha value is -3.92. The van der Waals surface area contributed by atoms with Gasteiger partial charge in [0, 0.05) is 0 Å². The van der Waals surface area contributed by atoms with Crippen molar-refractivity contribution in [3.8, 4) is 11.5 Å². The summed E-state index contributed by atoms with van der Waals surface area (Å²) in [5.74, 6) is 0.492. The molecule has 4 bridgehead atoms. The quantitative estimate of drug-likeness (QED) is 0.213. The first-order chi connectivity index (χ1) is 17.3. The maximum atomic E-state index is 12.9. The van der Waals surface area contributed by atoms with Gasteiger partial charge in [0.2, 0.25) is 0 Å². The third-order valence-corrected chi connectivity index (χ3v) is 5.92. The number of carbonyl (C=O) groups is 4. The first-order valence-electron chi connectivity index (χ1n) is 11.9. The number of cyclic esters (lactones) is 2. The van der Waals surface area contributed by atoms with E-state index in [-0.39, 0.29) is 29.3 Å². The molecular weight excluding hydrogens is 468 g/mol. The van der Waals surface area contributed by atoms with Gasteiger partial charge in [-0.05, 0) is 37.1 Å². The molecule has 0 atom stereocenters. The highest BCUT2D eigenvalue weighted by molar-refractivity contribution is 6.13. The van der Waals surface area contributed by atoms with Crippen molar-refractivity contribution < 1.29 is 38.9 Å². The van der Waals surface area contributed by atoms with Crippen molar-refractivity contribution in [1.29, 1.82) is 0 Å². The maximum Gasteiger partial charge on any atom is 0.341 e. The molecule has 10 heteroatoms. The van der Waals surface area contributed by atoms with Gasteiger partial charge in [-0.3, -0.25) is 9.59 Å². The van der Waals surface area contributed by atoms with E-state index in [9.17, 15) is 29.4 Å². The van der Waals surface area contributed by atoms with Crippen LogP contribution in [-0.4, -0.2) is 52.2 Å². The summed E-state index contributed by atoms with van der Waals surface area (Å²) in [7, 11) is 0. The first-order valence-corrected chi connectivity index (χ1v) is 11.9. The van der Waals surface area contributed by atoms with Gasteiger partial charge in [-0.25, -0.2) is 20.4 Å². The highest BCUT2D eigenvalue weighted by Gasteiger charge is 2.29. The second-order valence-electron chi connectivity index (χ2n) is 8.48. The summed E-state index contributed by atoms with van der Waals surface area (Å²) in [6.07, 6.45) is 7.10. The van der Waals surface area contributed by atoms with Crippen molar-refractivity contribution in [3.05, 3.63) is 58.7 Å². The van der Waals surface area contributed by atoms with Gasteiger partial charge in [0.1, 0.15) is 22.6 Å². The van der Waals surface area contributed by atoms with E-state index in [0.717, 1.165) is 38.5 Å². The SMILES string of the molecule is NN1C(=O)c2cccc(c2O)C(=O)OCCCCCCCCCCOC(=O)c2cccc(c2O)C1=O. The second-order valence-corrected chi connectivity index (χ2v) is 8.48. The zero-order valence-electron chi connectivity index (χ0n) is 19.9. The van der Waals surface area contributed by atoms with E-state index in [2.05, 4.69) is 0 Å². The Morgan fingerprint density at radius 2 is 0.917 bits per heavy atom. The summed E-state index contributed by atoms with van der Waals surface area (Å²) >= 11 is 0. The Bertz CT molecular complexity index is 1040. The third-order valence-electron chi connectivity index (χ3n) is 5.92. The lowest BCUT2D eigenvalue weighted by atomic mass is 10.1. The lowest BCUT2D eigenvalue weighted by Crippen LogP contribution is -2.42. The van der Waals surface area contributed by atoms with E-state index < -0.39 is 46.4 Å². The number of imide groups is 1. The number of aromatic hydroxyl groups is 2. The van der Waals surface area contributed by atoms with Gasteiger partial charge in [-0.1, -0.05) is 50.7 Å². The van der Waals surface area contributed by atoms with Crippen molar-refractivity contribution >= 4 is 23.8 Å². The normalized spacial score (nSPS) is 17.3. The number of phenols is 2. The molecule has 0 unspecified atom stereocenters. The number of nitrogens with zero attached hydrogens (tertiary/aromatic N) is 1. The van der Waals surface area contributed by atoms with Gasteiger partial charge in [-0.2, -0.15) is 0 Å². The van der Waals surface area contributed by atoms with Gasteiger partial charge in [-0.15, -0.1) is 0 Å². The number of hydrogen-bond acceptors (Lipinski definition) is 9. The molecule has 4 N–H and O–H groups in total. The summed E-state index contributed by atoms with van der Waals surface area (Å²) < 4.78 is 10.5. The van der Waals surface area contributed by atoms with Gasteiger partial charge in [0.15, 0.2) is 0 Å². The van der Waals surface area contributed by atoms with Crippen molar-refractivity contribution in [1.82, 2.24) is 5.01 Å². The molecule has 192 valence electrons. The third kappa shape index (κ3) is 6.39. The van der Waals surface area contributed by atoms with Crippen LogP contribution in [0.4, 0.5) is 0 Å². The van der Waals surface area contributed by atoms with Crippen LogP contribution in [0.5, 0.6) is 11.5 Å². The van der Waals surface area contributed by atoms with Crippen molar-refractivity contribution in [2.45, 2.75) is 51.4 Å². The molecule has 2 aromatic carbocycles. The molecule has 1 aliphatic rings. The number of benzene rings is 2. The van der Waals surface area contributed by atoms with Crippen LogP contribution < -0.4 is 5.84 Å². The average Bonchev–Trinajstić information content (AvgIpc) is 2.87. The molecule has 1 heterocycles.